The van der Waals surface area contributed by atoms with E-state index in [4.69, 9.17) is 23.7 Å². The monoisotopic (exact) mass is 446 g/mol. The van der Waals surface area contributed by atoms with Crippen LogP contribution in [-0.2, 0) is 11.3 Å². The third-order valence-corrected chi connectivity index (χ3v) is 5.57. The van der Waals surface area contributed by atoms with E-state index >= 15 is 0 Å². The third-order valence-electron chi connectivity index (χ3n) is 5.57. The zero-order valence-corrected chi connectivity index (χ0v) is 19.4. The highest BCUT2D eigenvalue weighted by atomic mass is 16.5. The van der Waals surface area contributed by atoms with Crippen LogP contribution in [-0.4, -0.2) is 83.9 Å². The number of piperazine rings is 1. The molecule has 1 saturated heterocycles. The molecular weight excluding hydrogens is 412 g/mol. The molecule has 1 heterocycles. The number of methoxy groups -OCH3 is 4. The van der Waals surface area contributed by atoms with Crippen molar-refractivity contribution >= 4 is 5.69 Å². The van der Waals surface area contributed by atoms with Gasteiger partial charge in [0.25, 0.3) is 0 Å². The average Bonchev–Trinajstić information content (AvgIpc) is 2.83. The lowest BCUT2D eigenvalue weighted by Gasteiger charge is -2.37. The lowest BCUT2D eigenvalue weighted by Crippen LogP contribution is -2.49. The maximum atomic E-state index is 10.5. The highest BCUT2D eigenvalue weighted by Gasteiger charge is 2.21. The first kappa shape index (κ1) is 24.0. The lowest BCUT2D eigenvalue weighted by molar-refractivity contribution is 0.00904. The van der Waals surface area contributed by atoms with Crippen molar-refractivity contribution in [1.82, 2.24) is 4.90 Å². The van der Waals surface area contributed by atoms with E-state index in [2.05, 4.69) is 15.9 Å². The number of aliphatic hydroxyl groups excluding tert-OH is 1. The summed E-state index contributed by atoms with van der Waals surface area (Å²) in [4.78, 5) is 4.59. The quantitative estimate of drug-likeness (QED) is 0.564. The molecule has 1 N–H and O–H groups in total. The van der Waals surface area contributed by atoms with Gasteiger partial charge in [-0.25, -0.2) is 0 Å². The Morgan fingerprint density at radius 1 is 0.844 bits per heavy atom. The van der Waals surface area contributed by atoms with Gasteiger partial charge in [0.15, 0.2) is 11.5 Å². The van der Waals surface area contributed by atoms with Gasteiger partial charge in [-0.15, -0.1) is 0 Å². The van der Waals surface area contributed by atoms with E-state index < -0.39 is 6.10 Å². The molecule has 0 unspecified atom stereocenters. The molecule has 1 aliphatic rings. The van der Waals surface area contributed by atoms with Crippen LogP contribution in [0.4, 0.5) is 5.69 Å². The van der Waals surface area contributed by atoms with E-state index in [-0.39, 0.29) is 6.61 Å². The molecule has 0 spiro atoms. The normalized spacial score (nSPS) is 15.3. The van der Waals surface area contributed by atoms with Crippen LogP contribution >= 0.6 is 0 Å². The zero-order valence-electron chi connectivity index (χ0n) is 19.4. The Hall–Kier alpha value is -2.68. The molecule has 1 fully saturated rings. The molecule has 32 heavy (non-hydrogen) atoms. The van der Waals surface area contributed by atoms with Crippen LogP contribution in [0.15, 0.2) is 36.4 Å². The van der Waals surface area contributed by atoms with Crippen LogP contribution in [0.2, 0.25) is 0 Å². The molecule has 0 aromatic heterocycles. The van der Waals surface area contributed by atoms with Gasteiger partial charge in [0.2, 0.25) is 5.75 Å². The van der Waals surface area contributed by atoms with Crippen molar-refractivity contribution < 1.29 is 28.8 Å². The van der Waals surface area contributed by atoms with Gasteiger partial charge in [-0.2, -0.15) is 0 Å². The zero-order chi connectivity index (χ0) is 22.9. The second-order valence-corrected chi connectivity index (χ2v) is 7.66. The minimum atomic E-state index is -0.560. The van der Waals surface area contributed by atoms with E-state index in [1.165, 1.54) is 0 Å². The number of ether oxygens (including phenoxy) is 5. The van der Waals surface area contributed by atoms with Gasteiger partial charge in [-0.1, -0.05) is 12.1 Å². The van der Waals surface area contributed by atoms with Gasteiger partial charge in [-0.3, -0.25) is 4.90 Å². The lowest BCUT2D eigenvalue weighted by atomic mass is 10.2. The Morgan fingerprint density at radius 3 is 2.06 bits per heavy atom. The van der Waals surface area contributed by atoms with E-state index in [0.29, 0.717) is 30.4 Å². The van der Waals surface area contributed by atoms with Gasteiger partial charge in [0.1, 0.15) is 5.75 Å². The molecule has 0 saturated carbocycles. The Labute approximate surface area is 190 Å². The Kier molecular flexibility index (Phi) is 8.84. The topological polar surface area (TPSA) is 72.9 Å². The minimum Gasteiger partial charge on any atom is -0.495 e. The summed E-state index contributed by atoms with van der Waals surface area (Å²) in [6.45, 7) is 4.70. The van der Waals surface area contributed by atoms with Crippen molar-refractivity contribution in [3.05, 3.63) is 42.0 Å². The minimum absolute atomic E-state index is 0.253. The molecule has 1 atom stereocenters. The van der Waals surface area contributed by atoms with Crippen LogP contribution in [0, 0.1) is 0 Å². The maximum Gasteiger partial charge on any atom is 0.203 e. The largest absolute Gasteiger partial charge is 0.495 e. The van der Waals surface area contributed by atoms with Gasteiger partial charge < -0.3 is 33.7 Å². The summed E-state index contributed by atoms with van der Waals surface area (Å²) in [5.41, 5.74) is 2.00. The number of benzene rings is 2. The fraction of sp³-hybridized carbons (Fsp3) is 0.500. The highest BCUT2D eigenvalue weighted by molar-refractivity contribution is 5.58. The molecule has 0 amide bonds. The third kappa shape index (κ3) is 5.97. The van der Waals surface area contributed by atoms with E-state index in [0.717, 1.165) is 43.2 Å². The number of hydrogen-bond donors (Lipinski definition) is 1. The van der Waals surface area contributed by atoms with Crippen LogP contribution in [0.3, 0.4) is 0 Å². The van der Waals surface area contributed by atoms with Crippen molar-refractivity contribution in [2.24, 2.45) is 0 Å². The number of anilines is 1. The van der Waals surface area contributed by atoms with Crippen LogP contribution < -0.4 is 23.8 Å². The summed E-state index contributed by atoms with van der Waals surface area (Å²) in [5, 5.41) is 10.5. The Bertz CT molecular complexity index is 829. The van der Waals surface area contributed by atoms with Gasteiger partial charge in [0.05, 0.1) is 53.4 Å². The summed E-state index contributed by atoms with van der Waals surface area (Å²) in [6, 6.07) is 11.8. The van der Waals surface area contributed by atoms with Gasteiger partial charge >= 0.3 is 0 Å². The molecule has 8 heteroatoms. The summed E-state index contributed by atoms with van der Waals surface area (Å²) >= 11 is 0. The molecule has 8 nitrogen and oxygen atoms in total. The van der Waals surface area contributed by atoms with Crippen LogP contribution in [0.5, 0.6) is 23.0 Å². The van der Waals surface area contributed by atoms with E-state index in [1.54, 1.807) is 28.4 Å². The van der Waals surface area contributed by atoms with Crippen LogP contribution in [0.1, 0.15) is 5.56 Å². The fourth-order valence-electron chi connectivity index (χ4n) is 3.94. The summed E-state index contributed by atoms with van der Waals surface area (Å²) in [5.74, 6) is 2.60. The van der Waals surface area contributed by atoms with E-state index in [9.17, 15) is 5.11 Å². The molecule has 176 valence electrons. The molecule has 2 aromatic rings. The van der Waals surface area contributed by atoms with Crippen molar-refractivity contribution in [2.75, 3.05) is 72.7 Å². The van der Waals surface area contributed by atoms with Gasteiger partial charge in [0, 0.05) is 32.7 Å². The number of hydrogen-bond acceptors (Lipinski definition) is 8. The molecule has 2 aromatic carbocycles. The maximum absolute atomic E-state index is 10.5. The van der Waals surface area contributed by atoms with Crippen molar-refractivity contribution in [2.45, 2.75) is 12.7 Å². The summed E-state index contributed by atoms with van der Waals surface area (Å²) in [7, 11) is 6.44. The first-order chi connectivity index (χ1) is 15.6. The summed E-state index contributed by atoms with van der Waals surface area (Å²) in [6.07, 6.45) is -0.560. The second kappa shape index (κ2) is 11.8. The molecule has 0 bridgehead atoms. The molecule has 0 aliphatic carbocycles. The molecule has 1 aliphatic heterocycles. The van der Waals surface area contributed by atoms with E-state index in [1.807, 2.05) is 30.3 Å². The fourth-order valence-corrected chi connectivity index (χ4v) is 3.94. The predicted octanol–water partition coefficient (Wildman–Crippen LogP) is 2.42. The SMILES string of the molecule is COc1ccccc1N1CCN(C[C@H](O)COCc2cc(OC)c(OC)c(OC)c2)CC1. The highest BCUT2D eigenvalue weighted by Crippen LogP contribution is 2.38. The number of nitrogens with zero attached hydrogens (tertiary/aromatic N) is 2. The number of aliphatic hydroxyl groups is 1. The van der Waals surface area contributed by atoms with Gasteiger partial charge in [-0.05, 0) is 29.8 Å². The Balaban J connectivity index is 1.45. The number of para-hydroxylation sites is 2. The molecular formula is C24H34N2O6. The smallest absolute Gasteiger partial charge is 0.203 e. The number of rotatable bonds is 11. The average molecular weight is 447 g/mol. The van der Waals surface area contributed by atoms with Crippen molar-refractivity contribution in [3.8, 4) is 23.0 Å². The molecule has 0 radical (unpaired) electrons. The molecule has 3 rings (SSSR count). The van der Waals surface area contributed by atoms with Crippen molar-refractivity contribution in [3.63, 3.8) is 0 Å². The predicted molar refractivity (Wildman–Crippen MR) is 123 cm³/mol. The second-order valence-electron chi connectivity index (χ2n) is 7.66. The first-order valence-corrected chi connectivity index (χ1v) is 10.7. The summed E-state index contributed by atoms with van der Waals surface area (Å²) < 4.78 is 27.3. The van der Waals surface area contributed by atoms with Crippen LogP contribution in [0.25, 0.3) is 0 Å². The Morgan fingerprint density at radius 2 is 1.47 bits per heavy atom. The first-order valence-electron chi connectivity index (χ1n) is 10.7. The number of β-amino-alcohol motifs (C(OH)–C–C–N with tert-alkyl or cyclic N) is 1. The van der Waals surface area contributed by atoms with Crippen molar-refractivity contribution in [1.29, 1.82) is 0 Å². The standard InChI is InChI=1S/C24H34N2O6/c1-28-21-8-6-5-7-20(21)26-11-9-25(10-12-26)15-19(27)17-32-16-18-13-22(29-2)24(31-4)23(14-18)30-3/h5-8,13-14,19,27H,9-12,15-17H2,1-4H3/t19-/m0/s1.